The van der Waals surface area contributed by atoms with E-state index >= 15 is 0 Å². The van der Waals surface area contributed by atoms with Gasteiger partial charge in [-0.3, -0.25) is 9.52 Å². The molecule has 0 bridgehead atoms. The summed E-state index contributed by atoms with van der Waals surface area (Å²) in [6.45, 7) is 1.51. The van der Waals surface area contributed by atoms with E-state index in [4.69, 9.17) is 11.6 Å². The zero-order valence-electron chi connectivity index (χ0n) is 13.1. The van der Waals surface area contributed by atoms with Gasteiger partial charge in [0.1, 0.15) is 0 Å². The fourth-order valence-electron chi connectivity index (χ4n) is 2.30. The van der Waals surface area contributed by atoms with Crippen molar-refractivity contribution < 1.29 is 13.2 Å². The van der Waals surface area contributed by atoms with Crippen molar-refractivity contribution in [3.8, 4) is 0 Å². The first kappa shape index (κ1) is 18.5. The summed E-state index contributed by atoms with van der Waals surface area (Å²) in [5.74, 6) is 1.93. The lowest BCUT2D eigenvalue weighted by Crippen LogP contribution is -2.38. The quantitative estimate of drug-likeness (QED) is 0.809. The molecule has 0 radical (unpaired) electrons. The molecule has 2 heterocycles. The van der Waals surface area contributed by atoms with E-state index in [-0.39, 0.29) is 22.4 Å². The smallest absolute Gasteiger partial charge is 0.263 e. The van der Waals surface area contributed by atoms with E-state index in [0.717, 1.165) is 35.9 Å². The number of thiazole rings is 1. The summed E-state index contributed by atoms with van der Waals surface area (Å²) < 4.78 is 27.1. The van der Waals surface area contributed by atoms with Crippen LogP contribution in [0.5, 0.6) is 0 Å². The number of anilines is 1. The molecule has 134 valence electrons. The number of halogens is 1. The highest BCUT2D eigenvalue weighted by atomic mass is 35.5. The van der Waals surface area contributed by atoms with Gasteiger partial charge < -0.3 is 4.90 Å². The highest BCUT2D eigenvalue weighted by molar-refractivity contribution is 7.99. The molecule has 1 saturated heterocycles. The average Bonchev–Trinajstić information content (AvgIpc) is 3.02. The predicted octanol–water partition coefficient (Wildman–Crippen LogP) is 2.72. The predicted molar refractivity (Wildman–Crippen MR) is 102 cm³/mol. The van der Waals surface area contributed by atoms with Crippen LogP contribution in [0.25, 0.3) is 0 Å². The number of thioether (sulfide) groups is 1. The zero-order valence-corrected chi connectivity index (χ0v) is 16.3. The van der Waals surface area contributed by atoms with Gasteiger partial charge in [0, 0.05) is 35.0 Å². The SMILES string of the molecule is O=C(Cc1csc(NS(=O)(=O)c2ccc(Cl)cc2)n1)N1CCSCC1. The molecule has 0 unspecified atom stereocenters. The summed E-state index contributed by atoms with van der Waals surface area (Å²) in [6, 6.07) is 5.88. The molecular weight excluding hydrogens is 402 g/mol. The third-order valence-corrected chi connectivity index (χ3v) is 7.08. The second kappa shape index (κ2) is 7.94. The Morgan fingerprint density at radius 1 is 1.24 bits per heavy atom. The van der Waals surface area contributed by atoms with Gasteiger partial charge in [-0.05, 0) is 24.3 Å². The minimum atomic E-state index is -3.72. The van der Waals surface area contributed by atoms with Gasteiger partial charge >= 0.3 is 0 Å². The maximum atomic E-state index is 12.3. The Hall–Kier alpha value is -1.29. The molecule has 0 atom stereocenters. The summed E-state index contributed by atoms with van der Waals surface area (Å²) in [5, 5.41) is 2.41. The minimum Gasteiger partial charge on any atom is -0.341 e. The molecule has 6 nitrogen and oxygen atoms in total. The van der Waals surface area contributed by atoms with Crippen LogP contribution in [0.15, 0.2) is 34.5 Å². The molecule has 10 heteroatoms. The van der Waals surface area contributed by atoms with E-state index in [1.165, 1.54) is 24.3 Å². The van der Waals surface area contributed by atoms with Crippen LogP contribution in [0.3, 0.4) is 0 Å². The highest BCUT2D eigenvalue weighted by Crippen LogP contribution is 2.22. The maximum Gasteiger partial charge on any atom is 0.263 e. The summed E-state index contributed by atoms with van der Waals surface area (Å²) >= 11 is 8.77. The van der Waals surface area contributed by atoms with Crippen LogP contribution in [0.2, 0.25) is 5.02 Å². The van der Waals surface area contributed by atoms with Gasteiger partial charge in [-0.2, -0.15) is 11.8 Å². The van der Waals surface area contributed by atoms with Crippen molar-refractivity contribution in [3.63, 3.8) is 0 Å². The molecule has 1 aromatic heterocycles. The number of carbonyl (C=O) groups excluding carboxylic acids is 1. The Morgan fingerprint density at radius 2 is 1.92 bits per heavy atom. The first-order valence-electron chi connectivity index (χ1n) is 7.52. The summed E-state index contributed by atoms with van der Waals surface area (Å²) in [7, 11) is -3.72. The molecule has 2 aromatic rings. The van der Waals surface area contributed by atoms with E-state index in [0.29, 0.717) is 10.7 Å². The molecule has 1 aliphatic rings. The number of carbonyl (C=O) groups is 1. The number of benzene rings is 1. The van der Waals surface area contributed by atoms with Crippen molar-refractivity contribution >= 4 is 55.8 Å². The van der Waals surface area contributed by atoms with E-state index in [2.05, 4.69) is 9.71 Å². The molecule has 1 aliphatic heterocycles. The van der Waals surface area contributed by atoms with Crippen molar-refractivity contribution in [1.82, 2.24) is 9.88 Å². The third kappa shape index (κ3) is 4.87. The first-order chi connectivity index (χ1) is 11.9. The largest absolute Gasteiger partial charge is 0.341 e. The number of sulfonamides is 1. The number of aromatic nitrogens is 1. The van der Waals surface area contributed by atoms with Gasteiger partial charge in [-0.25, -0.2) is 13.4 Å². The van der Waals surface area contributed by atoms with Crippen molar-refractivity contribution in [3.05, 3.63) is 40.4 Å². The van der Waals surface area contributed by atoms with Crippen LogP contribution >= 0.6 is 34.7 Å². The van der Waals surface area contributed by atoms with E-state index < -0.39 is 10.0 Å². The second-order valence-electron chi connectivity index (χ2n) is 5.37. The molecule has 25 heavy (non-hydrogen) atoms. The summed E-state index contributed by atoms with van der Waals surface area (Å²) in [4.78, 5) is 18.4. The molecular formula is C15H16ClN3O3S3. The zero-order chi connectivity index (χ0) is 17.9. The topological polar surface area (TPSA) is 79.4 Å². The van der Waals surface area contributed by atoms with Crippen LogP contribution in [0.4, 0.5) is 5.13 Å². The molecule has 1 N–H and O–H groups in total. The molecule has 1 amide bonds. The van der Waals surface area contributed by atoms with Crippen molar-refractivity contribution in [1.29, 1.82) is 0 Å². The van der Waals surface area contributed by atoms with Crippen LogP contribution in [0, 0.1) is 0 Å². The molecule has 0 aliphatic carbocycles. The third-order valence-electron chi connectivity index (χ3n) is 3.59. The fraction of sp³-hybridized carbons (Fsp3) is 0.333. The Morgan fingerprint density at radius 3 is 2.60 bits per heavy atom. The van der Waals surface area contributed by atoms with Crippen LogP contribution in [0.1, 0.15) is 5.69 Å². The van der Waals surface area contributed by atoms with Crippen LogP contribution < -0.4 is 4.72 Å². The molecule has 3 rings (SSSR count). The monoisotopic (exact) mass is 417 g/mol. The Kier molecular flexibility index (Phi) is 5.88. The van der Waals surface area contributed by atoms with E-state index in [9.17, 15) is 13.2 Å². The van der Waals surface area contributed by atoms with Crippen LogP contribution in [-0.2, 0) is 21.2 Å². The lowest BCUT2D eigenvalue weighted by atomic mass is 10.3. The van der Waals surface area contributed by atoms with Crippen molar-refractivity contribution in [2.75, 3.05) is 29.3 Å². The Balaban J connectivity index is 1.65. The molecule has 1 fully saturated rings. The first-order valence-corrected chi connectivity index (χ1v) is 11.4. The van der Waals surface area contributed by atoms with Gasteiger partial charge in [0.2, 0.25) is 5.91 Å². The normalized spacial score (nSPS) is 15.2. The lowest BCUT2D eigenvalue weighted by Gasteiger charge is -2.26. The van der Waals surface area contributed by atoms with Crippen molar-refractivity contribution in [2.45, 2.75) is 11.3 Å². The standard InChI is InChI=1S/C15H16ClN3O3S3/c16-11-1-3-13(4-2-11)25(21,22)18-15-17-12(10-24-15)9-14(20)19-5-7-23-8-6-19/h1-4,10H,5-9H2,(H,17,18). The second-order valence-corrected chi connectivity index (χ2v) is 9.58. The Labute approximate surface area is 159 Å². The van der Waals surface area contributed by atoms with Gasteiger partial charge in [-0.1, -0.05) is 11.6 Å². The van der Waals surface area contributed by atoms with E-state index in [1.807, 2.05) is 16.7 Å². The number of amides is 1. The minimum absolute atomic E-state index is 0.0257. The number of nitrogens with one attached hydrogen (secondary N) is 1. The average molecular weight is 418 g/mol. The van der Waals surface area contributed by atoms with Crippen LogP contribution in [-0.4, -0.2) is 48.8 Å². The number of rotatable bonds is 5. The summed E-state index contributed by atoms with van der Waals surface area (Å²) in [6.07, 6.45) is 0.184. The van der Waals surface area contributed by atoms with Gasteiger partial charge in [0.05, 0.1) is 17.0 Å². The van der Waals surface area contributed by atoms with Gasteiger partial charge in [0.25, 0.3) is 10.0 Å². The number of hydrogen-bond donors (Lipinski definition) is 1. The molecule has 0 spiro atoms. The number of hydrogen-bond acceptors (Lipinski definition) is 6. The maximum absolute atomic E-state index is 12.3. The lowest BCUT2D eigenvalue weighted by molar-refractivity contribution is -0.130. The van der Waals surface area contributed by atoms with Gasteiger partial charge in [0.15, 0.2) is 5.13 Å². The highest BCUT2D eigenvalue weighted by Gasteiger charge is 2.20. The molecule has 1 aromatic carbocycles. The summed E-state index contributed by atoms with van der Waals surface area (Å²) in [5.41, 5.74) is 0.571. The fourth-order valence-corrected chi connectivity index (χ4v) is 5.29. The van der Waals surface area contributed by atoms with E-state index in [1.54, 1.807) is 5.38 Å². The Bertz CT molecular complexity index is 846. The van der Waals surface area contributed by atoms with Crippen molar-refractivity contribution in [2.24, 2.45) is 0 Å². The molecule has 0 saturated carbocycles. The van der Waals surface area contributed by atoms with Gasteiger partial charge in [-0.15, -0.1) is 11.3 Å². The number of nitrogens with zero attached hydrogens (tertiary/aromatic N) is 2.